The number of hydrogen-bond acceptors (Lipinski definition) is 3. The number of aromatic nitrogens is 1. The Morgan fingerprint density at radius 1 is 1.10 bits per heavy atom. The van der Waals surface area contributed by atoms with Crippen LogP contribution in [0.15, 0.2) is 54.7 Å². The summed E-state index contributed by atoms with van der Waals surface area (Å²) in [7, 11) is 0. The number of benzene rings is 2. The number of hydrogen-bond donors (Lipinski definition) is 0. The van der Waals surface area contributed by atoms with Crippen LogP contribution in [-0.2, 0) is 0 Å². The molecule has 3 rings (SSSR count). The second-order valence-electron chi connectivity index (χ2n) is 4.27. The maximum Gasteiger partial charge on any atom is 0.153 e. The van der Waals surface area contributed by atoms with Crippen molar-refractivity contribution in [3.05, 3.63) is 65.3 Å². The molecule has 0 unspecified atom stereocenters. The molecule has 0 aliphatic heterocycles. The Kier molecular flexibility index (Phi) is 3.35. The smallest absolute Gasteiger partial charge is 0.153 e. The highest BCUT2D eigenvalue weighted by Gasteiger charge is 2.06. The number of ether oxygens (including phenoxy) is 1. The van der Waals surface area contributed by atoms with Gasteiger partial charge in [-0.3, -0.25) is 9.78 Å². The van der Waals surface area contributed by atoms with E-state index in [0.29, 0.717) is 22.1 Å². The van der Waals surface area contributed by atoms with Gasteiger partial charge in [0.15, 0.2) is 6.29 Å². The van der Waals surface area contributed by atoms with Gasteiger partial charge in [-0.15, -0.1) is 0 Å². The number of aldehydes is 1. The van der Waals surface area contributed by atoms with E-state index in [-0.39, 0.29) is 0 Å². The minimum atomic E-state index is 0.408. The molecule has 0 aliphatic rings. The molecule has 3 aromatic rings. The summed E-state index contributed by atoms with van der Waals surface area (Å²) in [5, 5.41) is 1.47. The molecule has 98 valence electrons. The number of nitrogens with zero attached hydrogens (tertiary/aromatic N) is 1. The van der Waals surface area contributed by atoms with E-state index in [1.54, 1.807) is 24.4 Å². The zero-order chi connectivity index (χ0) is 13.9. The van der Waals surface area contributed by atoms with Crippen LogP contribution >= 0.6 is 11.6 Å². The minimum absolute atomic E-state index is 0.408. The van der Waals surface area contributed by atoms with Crippen molar-refractivity contribution in [3.63, 3.8) is 0 Å². The van der Waals surface area contributed by atoms with Crippen LogP contribution in [0.2, 0.25) is 5.02 Å². The van der Waals surface area contributed by atoms with Crippen LogP contribution in [0.1, 0.15) is 10.4 Å². The fourth-order valence-electron chi connectivity index (χ4n) is 1.94. The van der Waals surface area contributed by atoms with Crippen LogP contribution in [0.5, 0.6) is 11.5 Å². The number of rotatable bonds is 3. The van der Waals surface area contributed by atoms with Gasteiger partial charge in [0.2, 0.25) is 0 Å². The van der Waals surface area contributed by atoms with Crippen molar-refractivity contribution in [2.24, 2.45) is 0 Å². The Balaban J connectivity index is 1.98. The van der Waals surface area contributed by atoms with E-state index in [9.17, 15) is 4.79 Å². The van der Waals surface area contributed by atoms with Crippen molar-refractivity contribution < 1.29 is 9.53 Å². The molecule has 20 heavy (non-hydrogen) atoms. The SMILES string of the molecule is O=Cc1cc(Cl)ccc1Oc1cnc2ccccc2c1. The molecule has 0 saturated carbocycles. The van der Waals surface area contributed by atoms with Crippen LogP contribution < -0.4 is 4.74 Å². The summed E-state index contributed by atoms with van der Waals surface area (Å²) in [4.78, 5) is 15.3. The van der Waals surface area contributed by atoms with E-state index in [2.05, 4.69) is 4.98 Å². The van der Waals surface area contributed by atoms with Gasteiger partial charge in [-0.2, -0.15) is 0 Å². The Bertz CT molecular complexity index is 786. The summed E-state index contributed by atoms with van der Waals surface area (Å²) >= 11 is 5.85. The van der Waals surface area contributed by atoms with Gasteiger partial charge in [-0.05, 0) is 30.3 Å². The van der Waals surface area contributed by atoms with Gasteiger partial charge < -0.3 is 4.74 Å². The maximum atomic E-state index is 11.0. The fourth-order valence-corrected chi connectivity index (χ4v) is 2.12. The number of para-hydroxylation sites is 1. The largest absolute Gasteiger partial charge is 0.455 e. The lowest BCUT2D eigenvalue weighted by atomic mass is 10.2. The number of carbonyl (C=O) groups excluding carboxylic acids is 1. The Hall–Kier alpha value is -2.39. The minimum Gasteiger partial charge on any atom is -0.455 e. The monoisotopic (exact) mass is 283 g/mol. The van der Waals surface area contributed by atoms with E-state index in [4.69, 9.17) is 16.3 Å². The normalized spacial score (nSPS) is 10.4. The summed E-state index contributed by atoms with van der Waals surface area (Å²) in [5.74, 6) is 1.04. The third kappa shape index (κ3) is 2.49. The summed E-state index contributed by atoms with van der Waals surface area (Å²) in [6.07, 6.45) is 2.35. The van der Waals surface area contributed by atoms with Crippen LogP contribution in [0.25, 0.3) is 10.9 Å². The fraction of sp³-hybridized carbons (Fsp3) is 0. The van der Waals surface area contributed by atoms with Gasteiger partial charge in [0.1, 0.15) is 11.5 Å². The summed E-state index contributed by atoms with van der Waals surface area (Å²) in [6, 6.07) is 14.5. The van der Waals surface area contributed by atoms with Crippen molar-refractivity contribution >= 4 is 28.8 Å². The van der Waals surface area contributed by atoms with Gasteiger partial charge >= 0.3 is 0 Å². The highest BCUT2D eigenvalue weighted by atomic mass is 35.5. The van der Waals surface area contributed by atoms with Crippen molar-refractivity contribution in [1.82, 2.24) is 4.98 Å². The van der Waals surface area contributed by atoms with Crippen LogP contribution in [0.3, 0.4) is 0 Å². The lowest BCUT2D eigenvalue weighted by Gasteiger charge is -2.08. The Morgan fingerprint density at radius 3 is 2.80 bits per heavy atom. The topological polar surface area (TPSA) is 39.2 Å². The number of pyridine rings is 1. The van der Waals surface area contributed by atoms with Crippen LogP contribution in [-0.4, -0.2) is 11.3 Å². The Labute approximate surface area is 120 Å². The standard InChI is InChI=1S/C16H10ClNO2/c17-13-5-6-16(12(7-13)10-19)20-14-8-11-3-1-2-4-15(11)18-9-14/h1-10H. The van der Waals surface area contributed by atoms with E-state index in [0.717, 1.165) is 17.2 Å². The molecule has 0 fully saturated rings. The lowest BCUT2D eigenvalue weighted by molar-refractivity contribution is 0.112. The number of halogens is 1. The molecular weight excluding hydrogens is 274 g/mol. The first-order valence-corrected chi connectivity index (χ1v) is 6.41. The van der Waals surface area contributed by atoms with E-state index in [1.165, 1.54) is 0 Å². The van der Waals surface area contributed by atoms with Gasteiger partial charge in [0.25, 0.3) is 0 Å². The molecule has 0 aliphatic carbocycles. The summed E-state index contributed by atoms with van der Waals surface area (Å²) in [5.41, 5.74) is 1.30. The zero-order valence-corrected chi connectivity index (χ0v) is 11.2. The van der Waals surface area contributed by atoms with Gasteiger partial charge in [0.05, 0.1) is 17.3 Å². The van der Waals surface area contributed by atoms with Crippen LogP contribution in [0.4, 0.5) is 0 Å². The third-order valence-electron chi connectivity index (χ3n) is 2.89. The van der Waals surface area contributed by atoms with Crippen molar-refractivity contribution in [2.75, 3.05) is 0 Å². The number of carbonyl (C=O) groups is 1. The first-order chi connectivity index (χ1) is 9.76. The predicted molar refractivity (Wildman–Crippen MR) is 78.7 cm³/mol. The predicted octanol–water partition coefficient (Wildman–Crippen LogP) is 4.49. The van der Waals surface area contributed by atoms with Gasteiger partial charge in [-0.25, -0.2) is 0 Å². The van der Waals surface area contributed by atoms with E-state index < -0.39 is 0 Å². The molecule has 2 aromatic carbocycles. The maximum absolute atomic E-state index is 11.0. The second kappa shape index (κ2) is 5.31. The molecule has 1 aromatic heterocycles. The molecule has 0 atom stereocenters. The highest BCUT2D eigenvalue weighted by molar-refractivity contribution is 6.30. The first-order valence-electron chi connectivity index (χ1n) is 6.03. The molecule has 0 spiro atoms. The third-order valence-corrected chi connectivity index (χ3v) is 3.13. The quantitative estimate of drug-likeness (QED) is 0.665. The molecular formula is C16H10ClNO2. The second-order valence-corrected chi connectivity index (χ2v) is 4.70. The molecule has 0 amide bonds. The molecule has 1 heterocycles. The molecule has 0 N–H and O–H groups in total. The summed E-state index contributed by atoms with van der Waals surface area (Å²) < 4.78 is 5.71. The van der Waals surface area contributed by atoms with Gasteiger partial charge in [-0.1, -0.05) is 29.8 Å². The van der Waals surface area contributed by atoms with Crippen LogP contribution in [0, 0.1) is 0 Å². The lowest BCUT2D eigenvalue weighted by Crippen LogP contribution is -1.91. The van der Waals surface area contributed by atoms with Crippen molar-refractivity contribution in [3.8, 4) is 11.5 Å². The molecule has 4 heteroatoms. The first kappa shape index (κ1) is 12.6. The average Bonchev–Trinajstić information content (AvgIpc) is 2.49. The average molecular weight is 284 g/mol. The molecule has 3 nitrogen and oxygen atoms in total. The molecule has 0 bridgehead atoms. The molecule has 0 radical (unpaired) electrons. The van der Waals surface area contributed by atoms with E-state index >= 15 is 0 Å². The van der Waals surface area contributed by atoms with E-state index in [1.807, 2.05) is 30.3 Å². The number of fused-ring (bicyclic) bond motifs is 1. The molecule has 0 saturated heterocycles. The van der Waals surface area contributed by atoms with Crippen molar-refractivity contribution in [2.45, 2.75) is 0 Å². The Morgan fingerprint density at radius 2 is 1.95 bits per heavy atom. The van der Waals surface area contributed by atoms with Gasteiger partial charge in [0, 0.05) is 10.4 Å². The highest BCUT2D eigenvalue weighted by Crippen LogP contribution is 2.28. The zero-order valence-electron chi connectivity index (χ0n) is 10.4. The van der Waals surface area contributed by atoms with Crippen molar-refractivity contribution in [1.29, 1.82) is 0 Å². The summed E-state index contributed by atoms with van der Waals surface area (Å²) in [6.45, 7) is 0.